The van der Waals surface area contributed by atoms with Gasteiger partial charge >= 0.3 is 6.18 Å². The van der Waals surface area contributed by atoms with E-state index in [1.54, 1.807) is 18.5 Å². The zero-order valence-corrected chi connectivity index (χ0v) is 18.1. The summed E-state index contributed by atoms with van der Waals surface area (Å²) in [6.07, 6.45) is -0.722. The standard InChI is InChI=1S/C26H23F4N3/c1-32(15-19-4-12-24(27)13-5-19)17-25-14-31-18-33(25)16-20-2-6-21(7-3-20)22-8-10-23(11-9-22)26(28,29)30/h2-14,18H,15-17H2,1H3. The van der Waals surface area contributed by atoms with Crippen LogP contribution >= 0.6 is 0 Å². The second-order valence-corrected chi connectivity index (χ2v) is 8.08. The minimum absolute atomic E-state index is 0.246. The normalized spacial score (nSPS) is 11.8. The zero-order valence-electron chi connectivity index (χ0n) is 18.1. The Morgan fingerprint density at radius 2 is 1.36 bits per heavy atom. The van der Waals surface area contributed by atoms with Crippen molar-refractivity contribution < 1.29 is 17.6 Å². The number of benzene rings is 3. The van der Waals surface area contributed by atoms with Gasteiger partial charge in [-0.25, -0.2) is 9.37 Å². The number of halogens is 4. The van der Waals surface area contributed by atoms with Crippen molar-refractivity contribution in [2.45, 2.75) is 25.8 Å². The van der Waals surface area contributed by atoms with Crippen LogP contribution in [0.15, 0.2) is 85.3 Å². The van der Waals surface area contributed by atoms with Crippen LogP contribution in [0.5, 0.6) is 0 Å². The highest BCUT2D eigenvalue weighted by Crippen LogP contribution is 2.31. The number of aromatic nitrogens is 2. The summed E-state index contributed by atoms with van der Waals surface area (Å²) in [5.41, 5.74) is 4.08. The fraction of sp³-hybridized carbons (Fsp3) is 0.192. The van der Waals surface area contributed by atoms with Crippen LogP contribution in [-0.2, 0) is 25.8 Å². The Morgan fingerprint density at radius 1 is 0.788 bits per heavy atom. The molecule has 0 spiro atoms. The Bertz CT molecular complexity index is 1180. The monoisotopic (exact) mass is 453 g/mol. The minimum atomic E-state index is -4.34. The molecule has 3 aromatic carbocycles. The summed E-state index contributed by atoms with van der Waals surface area (Å²) in [5, 5.41) is 0. The van der Waals surface area contributed by atoms with E-state index in [9.17, 15) is 17.6 Å². The van der Waals surface area contributed by atoms with Crippen molar-refractivity contribution in [3.05, 3.63) is 114 Å². The molecule has 1 aromatic heterocycles. The lowest BCUT2D eigenvalue weighted by atomic mass is 10.0. The predicted octanol–water partition coefficient (Wildman–Crippen LogP) is 6.39. The average molecular weight is 453 g/mol. The Labute approximate surface area is 189 Å². The minimum Gasteiger partial charge on any atom is -0.329 e. The quantitative estimate of drug-likeness (QED) is 0.303. The van der Waals surface area contributed by atoms with Gasteiger partial charge in [0.1, 0.15) is 5.82 Å². The van der Waals surface area contributed by atoms with Gasteiger partial charge in [0, 0.05) is 25.8 Å². The maximum atomic E-state index is 13.1. The second kappa shape index (κ2) is 9.58. The molecule has 0 aliphatic rings. The molecule has 0 bridgehead atoms. The van der Waals surface area contributed by atoms with Crippen LogP contribution in [-0.4, -0.2) is 21.5 Å². The molecule has 0 aliphatic carbocycles. The fourth-order valence-corrected chi connectivity index (χ4v) is 3.71. The van der Waals surface area contributed by atoms with Gasteiger partial charge in [0.05, 0.1) is 17.6 Å². The first kappa shape index (κ1) is 22.7. The first-order valence-electron chi connectivity index (χ1n) is 10.5. The van der Waals surface area contributed by atoms with Crippen molar-refractivity contribution in [2.24, 2.45) is 0 Å². The number of alkyl halides is 3. The molecule has 1 heterocycles. The largest absolute Gasteiger partial charge is 0.416 e. The van der Waals surface area contributed by atoms with Gasteiger partial charge in [-0.1, -0.05) is 48.5 Å². The molecular formula is C26H23F4N3. The Kier molecular flexibility index (Phi) is 6.60. The van der Waals surface area contributed by atoms with Gasteiger partial charge in [-0.2, -0.15) is 13.2 Å². The molecule has 0 radical (unpaired) electrons. The number of rotatable bonds is 7. The lowest BCUT2D eigenvalue weighted by molar-refractivity contribution is -0.137. The van der Waals surface area contributed by atoms with Crippen LogP contribution < -0.4 is 0 Å². The Hall–Kier alpha value is -3.45. The summed E-state index contributed by atoms with van der Waals surface area (Å²) in [4.78, 5) is 6.41. The first-order chi connectivity index (χ1) is 15.8. The van der Waals surface area contributed by atoms with E-state index < -0.39 is 11.7 Å². The van der Waals surface area contributed by atoms with Crippen LogP contribution in [0.3, 0.4) is 0 Å². The van der Waals surface area contributed by atoms with Crippen molar-refractivity contribution in [1.29, 1.82) is 0 Å². The lowest BCUT2D eigenvalue weighted by Crippen LogP contribution is -2.19. The molecule has 0 fully saturated rings. The van der Waals surface area contributed by atoms with Gasteiger partial charge < -0.3 is 4.57 Å². The molecule has 0 atom stereocenters. The molecule has 0 amide bonds. The highest BCUT2D eigenvalue weighted by molar-refractivity contribution is 5.64. The molecule has 7 heteroatoms. The topological polar surface area (TPSA) is 21.1 Å². The van der Waals surface area contributed by atoms with Gasteiger partial charge in [-0.05, 0) is 53.6 Å². The lowest BCUT2D eigenvalue weighted by Gasteiger charge is -2.18. The van der Waals surface area contributed by atoms with Crippen LogP contribution in [0.1, 0.15) is 22.4 Å². The van der Waals surface area contributed by atoms with E-state index in [0.717, 1.165) is 40.1 Å². The van der Waals surface area contributed by atoms with E-state index >= 15 is 0 Å². The number of hydrogen-bond donors (Lipinski definition) is 0. The molecule has 0 aliphatic heterocycles. The summed E-state index contributed by atoms with van der Waals surface area (Å²) in [6.45, 7) is 2.00. The van der Waals surface area contributed by atoms with E-state index in [1.165, 1.54) is 24.3 Å². The second-order valence-electron chi connectivity index (χ2n) is 8.08. The third-order valence-electron chi connectivity index (χ3n) is 5.45. The summed E-state index contributed by atoms with van der Waals surface area (Å²) < 4.78 is 53.5. The molecule has 33 heavy (non-hydrogen) atoms. The first-order valence-corrected chi connectivity index (χ1v) is 10.5. The van der Waals surface area contributed by atoms with Gasteiger partial charge in [0.25, 0.3) is 0 Å². The highest BCUT2D eigenvalue weighted by Gasteiger charge is 2.29. The fourth-order valence-electron chi connectivity index (χ4n) is 3.71. The van der Waals surface area contributed by atoms with Crippen molar-refractivity contribution in [3.63, 3.8) is 0 Å². The Balaban J connectivity index is 1.40. The maximum Gasteiger partial charge on any atom is 0.416 e. The summed E-state index contributed by atoms with van der Waals surface area (Å²) in [7, 11) is 2.00. The molecule has 170 valence electrons. The van der Waals surface area contributed by atoms with Gasteiger partial charge in [-0.3, -0.25) is 4.90 Å². The summed E-state index contributed by atoms with van der Waals surface area (Å²) in [5.74, 6) is -0.246. The summed E-state index contributed by atoms with van der Waals surface area (Å²) in [6, 6.07) is 19.4. The third kappa shape index (κ3) is 5.87. The van der Waals surface area contributed by atoms with Crippen LogP contribution in [0.2, 0.25) is 0 Å². The molecule has 3 nitrogen and oxygen atoms in total. The predicted molar refractivity (Wildman–Crippen MR) is 120 cm³/mol. The van der Waals surface area contributed by atoms with E-state index in [1.807, 2.05) is 37.5 Å². The molecule has 4 rings (SSSR count). The summed E-state index contributed by atoms with van der Waals surface area (Å²) >= 11 is 0. The van der Waals surface area contributed by atoms with Crippen molar-refractivity contribution in [2.75, 3.05) is 7.05 Å². The smallest absolute Gasteiger partial charge is 0.329 e. The molecule has 0 saturated carbocycles. The number of imidazole rings is 1. The third-order valence-corrected chi connectivity index (χ3v) is 5.45. The van der Waals surface area contributed by atoms with Gasteiger partial charge in [0.15, 0.2) is 0 Å². The van der Waals surface area contributed by atoms with Crippen LogP contribution in [0, 0.1) is 5.82 Å². The van der Waals surface area contributed by atoms with E-state index in [4.69, 9.17) is 0 Å². The van der Waals surface area contributed by atoms with E-state index in [-0.39, 0.29) is 5.82 Å². The van der Waals surface area contributed by atoms with E-state index in [2.05, 4.69) is 14.5 Å². The number of hydrogen-bond acceptors (Lipinski definition) is 2. The number of nitrogens with zero attached hydrogens (tertiary/aromatic N) is 3. The van der Waals surface area contributed by atoms with E-state index in [0.29, 0.717) is 19.6 Å². The average Bonchev–Trinajstić information content (AvgIpc) is 3.21. The van der Waals surface area contributed by atoms with Gasteiger partial charge in [0.2, 0.25) is 0 Å². The molecule has 4 aromatic rings. The maximum absolute atomic E-state index is 13.1. The van der Waals surface area contributed by atoms with Gasteiger partial charge in [-0.15, -0.1) is 0 Å². The van der Waals surface area contributed by atoms with Crippen molar-refractivity contribution in [1.82, 2.24) is 14.5 Å². The highest BCUT2D eigenvalue weighted by atomic mass is 19.4. The Morgan fingerprint density at radius 3 is 1.97 bits per heavy atom. The van der Waals surface area contributed by atoms with Crippen molar-refractivity contribution in [3.8, 4) is 11.1 Å². The molecule has 0 N–H and O–H groups in total. The molecule has 0 unspecified atom stereocenters. The molecule has 0 saturated heterocycles. The SMILES string of the molecule is CN(Cc1ccc(F)cc1)Cc1cncn1Cc1ccc(-c2ccc(C(F)(F)F)cc2)cc1. The van der Waals surface area contributed by atoms with Crippen molar-refractivity contribution >= 4 is 0 Å². The van der Waals surface area contributed by atoms with Crippen LogP contribution in [0.25, 0.3) is 11.1 Å². The zero-order chi connectivity index (χ0) is 23.4. The van der Waals surface area contributed by atoms with Crippen LogP contribution in [0.4, 0.5) is 17.6 Å². The molecular weight excluding hydrogens is 430 g/mol.